The summed E-state index contributed by atoms with van der Waals surface area (Å²) in [5, 5.41) is 10.2. The van der Waals surface area contributed by atoms with E-state index in [1.54, 1.807) is 30.6 Å². The predicted molar refractivity (Wildman–Crippen MR) is 151 cm³/mol. The molecule has 1 unspecified atom stereocenters. The molecular weight excluding hydrogens is 562 g/mol. The summed E-state index contributed by atoms with van der Waals surface area (Å²) >= 11 is 7.33. The zero-order valence-electron chi connectivity index (χ0n) is 21.4. The minimum atomic E-state index is -3.96. The number of hydrogen-bond acceptors (Lipinski definition) is 8. The number of rotatable bonds is 6. The summed E-state index contributed by atoms with van der Waals surface area (Å²) in [5.74, 6) is -0.846. The molecule has 4 heterocycles. The van der Waals surface area contributed by atoms with Gasteiger partial charge in [0, 0.05) is 61.6 Å². The highest BCUT2D eigenvalue weighted by Crippen LogP contribution is 2.30. The second kappa shape index (κ2) is 11.1. The minimum Gasteiger partial charge on any atom is -0.357 e. The fraction of sp³-hybridized carbons (Fsp3) is 0.360. The zero-order valence-corrected chi connectivity index (χ0v) is 23.8. The normalized spacial score (nSPS) is 19.1. The Morgan fingerprint density at radius 2 is 2.08 bits per heavy atom. The molecule has 2 aliphatic heterocycles. The molecular formula is C25H28ClN7O4S2. The lowest BCUT2D eigenvalue weighted by atomic mass is 10.1. The van der Waals surface area contributed by atoms with Crippen molar-refractivity contribution in [1.82, 2.24) is 29.5 Å². The number of likely N-dealkylation sites (N-methyl/N-ethyl adjacent to an activating group) is 1. The van der Waals surface area contributed by atoms with Gasteiger partial charge in [0.05, 0.1) is 11.4 Å². The van der Waals surface area contributed by atoms with Crippen molar-refractivity contribution in [3.05, 3.63) is 51.4 Å². The van der Waals surface area contributed by atoms with E-state index in [0.29, 0.717) is 22.5 Å². The van der Waals surface area contributed by atoms with E-state index in [1.807, 2.05) is 11.9 Å². The number of piperazine rings is 1. The quantitative estimate of drug-likeness (QED) is 0.425. The molecule has 0 radical (unpaired) electrons. The summed E-state index contributed by atoms with van der Waals surface area (Å²) in [5.41, 5.74) is 1.74. The van der Waals surface area contributed by atoms with Crippen molar-refractivity contribution in [3.63, 3.8) is 0 Å². The third-order valence-electron chi connectivity index (χ3n) is 6.80. The van der Waals surface area contributed by atoms with Gasteiger partial charge in [-0.15, -0.1) is 11.3 Å². The van der Waals surface area contributed by atoms with Crippen LogP contribution >= 0.6 is 22.9 Å². The van der Waals surface area contributed by atoms with E-state index in [0.717, 1.165) is 23.4 Å². The average Bonchev–Trinajstić information content (AvgIpc) is 3.60. The van der Waals surface area contributed by atoms with Gasteiger partial charge in [-0.3, -0.25) is 14.6 Å². The summed E-state index contributed by atoms with van der Waals surface area (Å²) < 4.78 is 28.2. The number of sulfonamides is 1. The van der Waals surface area contributed by atoms with E-state index in [-0.39, 0.29) is 29.7 Å². The van der Waals surface area contributed by atoms with Crippen LogP contribution in [0.3, 0.4) is 0 Å². The topological polar surface area (TPSA) is 131 Å². The molecule has 0 aliphatic carbocycles. The van der Waals surface area contributed by atoms with Crippen LogP contribution < -0.4 is 5.32 Å². The third kappa shape index (κ3) is 5.44. The molecule has 1 fully saturated rings. The summed E-state index contributed by atoms with van der Waals surface area (Å²) in [6.45, 7) is 3.23. The average molecular weight is 590 g/mol. The molecule has 0 spiro atoms. The molecule has 2 N–H and O–H groups in total. The largest absolute Gasteiger partial charge is 0.357 e. The summed E-state index contributed by atoms with van der Waals surface area (Å²) in [7, 11) is -2.50. The van der Waals surface area contributed by atoms with Gasteiger partial charge >= 0.3 is 0 Å². The number of benzene rings is 1. The van der Waals surface area contributed by atoms with Crippen molar-refractivity contribution in [3.8, 4) is 0 Å². The fourth-order valence-corrected chi connectivity index (χ4v) is 7.33. The van der Waals surface area contributed by atoms with Crippen LogP contribution in [0.2, 0.25) is 5.02 Å². The van der Waals surface area contributed by atoms with Gasteiger partial charge in [-0.2, -0.15) is 9.41 Å². The first kappa shape index (κ1) is 27.3. The molecule has 14 heteroatoms. The number of aromatic amines is 1. The monoisotopic (exact) mass is 589 g/mol. The Morgan fingerprint density at radius 3 is 2.79 bits per heavy atom. The smallest absolute Gasteiger partial charge is 0.283 e. The Morgan fingerprint density at radius 1 is 1.26 bits per heavy atom. The van der Waals surface area contributed by atoms with Gasteiger partial charge in [0.1, 0.15) is 11.1 Å². The van der Waals surface area contributed by atoms with Crippen molar-refractivity contribution >= 4 is 67.5 Å². The first-order chi connectivity index (χ1) is 18.7. The van der Waals surface area contributed by atoms with Gasteiger partial charge in [-0.25, -0.2) is 13.4 Å². The molecule has 2 aliphatic rings. The maximum absolute atomic E-state index is 13.5. The molecule has 5 rings (SSSR count). The lowest BCUT2D eigenvalue weighted by Gasteiger charge is -2.39. The van der Waals surface area contributed by atoms with Gasteiger partial charge in [-0.1, -0.05) is 17.7 Å². The number of nitrogens with zero attached hydrogens (tertiary/aromatic N) is 5. The van der Waals surface area contributed by atoms with Crippen LogP contribution in [0, 0.1) is 0 Å². The molecule has 0 bridgehead atoms. The van der Waals surface area contributed by atoms with Crippen molar-refractivity contribution < 1.29 is 18.0 Å². The van der Waals surface area contributed by atoms with Crippen LogP contribution in [0.1, 0.15) is 28.0 Å². The fourth-order valence-electron chi connectivity index (χ4n) is 4.76. The van der Waals surface area contributed by atoms with Crippen LogP contribution in [0.15, 0.2) is 46.7 Å². The number of aromatic nitrogens is 2. The Hall–Kier alpha value is -3.26. The molecule has 3 aromatic rings. The number of fused-ring (bicyclic) bond motifs is 1. The molecule has 0 saturated carbocycles. The Bertz CT molecular complexity index is 1580. The molecule has 2 aromatic heterocycles. The molecule has 39 heavy (non-hydrogen) atoms. The number of thiazole rings is 1. The van der Waals surface area contributed by atoms with Crippen molar-refractivity contribution in [2.24, 2.45) is 5.10 Å². The number of halogens is 1. The van der Waals surface area contributed by atoms with Crippen molar-refractivity contribution in [2.45, 2.75) is 24.4 Å². The van der Waals surface area contributed by atoms with Crippen LogP contribution in [0.4, 0.5) is 0 Å². The molecule has 2 amide bonds. The van der Waals surface area contributed by atoms with Crippen LogP contribution in [-0.4, -0.2) is 96.4 Å². The Labute approximate surface area is 235 Å². The highest BCUT2D eigenvalue weighted by atomic mass is 35.5. The lowest BCUT2D eigenvalue weighted by Crippen LogP contribution is -2.61. The second-order valence-electron chi connectivity index (χ2n) is 9.15. The van der Waals surface area contributed by atoms with Crippen molar-refractivity contribution in [1.29, 1.82) is 0 Å². The van der Waals surface area contributed by atoms with Crippen LogP contribution in [-0.2, 0) is 14.8 Å². The van der Waals surface area contributed by atoms with Crippen LogP contribution in [0.5, 0.6) is 0 Å². The Kier molecular flexibility index (Phi) is 7.76. The van der Waals surface area contributed by atoms with Gasteiger partial charge < -0.3 is 15.2 Å². The third-order valence-corrected chi connectivity index (χ3v) is 9.88. The van der Waals surface area contributed by atoms with E-state index in [2.05, 4.69) is 26.5 Å². The molecule has 1 aromatic carbocycles. The van der Waals surface area contributed by atoms with Gasteiger partial charge in [0.2, 0.25) is 5.91 Å². The summed E-state index contributed by atoms with van der Waals surface area (Å²) in [6, 6.07) is 5.58. The highest BCUT2D eigenvalue weighted by molar-refractivity contribution is 7.89. The summed E-state index contributed by atoms with van der Waals surface area (Å²) in [4.78, 5) is 35.9. The summed E-state index contributed by atoms with van der Waals surface area (Å²) in [6.07, 6.45) is 6.30. The predicted octanol–water partition coefficient (Wildman–Crippen LogP) is 2.63. The number of hydrogen-bond donors (Lipinski definition) is 2. The molecule has 11 nitrogen and oxygen atoms in total. The number of hydrazone groups is 1. The van der Waals surface area contributed by atoms with E-state index in [9.17, 15) is 18.0 Å². The van der Waals surface area contributed by atoms with E-state index < -0.39 is 27.9 Å². The first-order valence-corrected chi connectivity index (χ1v) is 15.0. The standard InChI is InChI=1S/C25H28ClN7O4S2/c1-3-29-31-8-6-16(7-9-31)21-14-28-24(38-21)25(35)33-11-10-32(15-20(33)23(34)27-2)39(36,37)22-13-17-12-18(26)4-5-19(17)30-22/h3-6,12-14,20,30H,7-11,15H2,1-2H3,(H,27,34)/b29-3+. The molecule has 206 valence electrons. The number of carbonyl (C=O) groups is 2. The lowest BCUT2D eigenvalue weighted by molar-refractivity contribution is -0.126. The molecule has 1 atom stereocenters. The second-order valence-corrected chi connectivity index (χ2v) is 12.5. The van der Waals surface area contributed by atoms with Crippen molar-refractivity contribution in [2.75, 3.05) is 39.8 Å². The van der Waals surface area contributed by atoms with E-state index in [4.69, 9.17) is 11.6 Å². The number of carbonyl (C=O) groups excluding carboxylic acids is 2. The zero-order chi connectivity index (χ0) is 27.7. The van der Waals surface area contributed by atoms with E-state index in [1.165, 1.54) is 33.7 Å². The van der Waals surface area contributed by atoms with Gasteiger partial charge in [0.25, 0.3) is 15.9 Å². The highest BCUT2D eigenvalue weighted by Gasteiger charge is 2.41. The number of amides is 2. The van der Waals surface area contributed by atoms with Gasteiger partial charge in [-0.05, 0) is 43.2 Å². The maximum atomic E-state index is 13.5. The SMILES string of the molecule is C/C=N/N1CC=C(c2cnc(C(=O)N3CCN(S(=O)(=O)c4cc5cc(Cl)ccc5[nH]4)CC3C(=O)NC)s2)CC1. The molecule has 1 saturated heterocycles. The number of H-pyrrole nitrogens is 1. The van der Waals surface area contributed by atoms with Gasteiger partial charge in [0.15, 0.2) is 5.01 Å². The Balaban J connectivity index is 1.35. The number of nitrogens with one attached hydrogen (secondary N) is 2. The van der Waals surface area contributed by atoms with E-state index >= 15 is 0 Å². The maximum Gasteiger partial charge on any atom is 0.283 e. The first-order valence-electron chi connectivity index (χ1n) is 12.4. The minimum absolute atomic E-state index is 0.00344. The van der Waals surface area contributed by atoms with Crippen LogP contribution in [0.25, 0.3) is 16.5 Å².